The molecule has 0 spiro atoms. The van der Waals surface area contributed by atoms with E-state index in [9.17, 15) is 17.6 Å². The summed E-state index contributed by atoms with van der Waals surface area (Å²) in [5.74, 6) is -1.13. The Kier molecular flexibility index (Phi) is 3.73. The summed E-state index contributed by atoms with van der Waals surface area (Å²) in [4.78, 5) is 0. The standard InChI is InChI=1S/C12H6F4N2/c1-7-2-9(3-8(5-17)6-18)11(13)4-10(7)12(14,15)16/h2-4H,1H3. The first-order valence-electron chi connectivity index (χ1n) is 4.69. The fourth-order valence-corrected chi connectivity index (χ4v) is 1.36. The van der Waals surface area contributed by atoms with Crippen LogP contribution in [-0.2, 0) is 6.18 Å². The Labute approximate surface area is 100 Å². The van der Waals surface area contributed by atoms with E-state index < -0.39 is 17.6 Å². The predicted octanol–water partition coefficient (Wildman–Crippen LogP) is 3.58. The van der Waals surface area contributed by atoms with Crippen molar-refractivity contribution in [1.29, 1.82) is 10.5 Å². The molecule has 0 unspecified atom stereocenters. The summed E-state index contributed by atoms with van der Waals surface area (Å²) in [6.45, 7) is 1.18. The van der Waals surface area contributed by atoms with Crippen molar-refractivity contribution in [3.05, 3.63) is 40.2 Å². The van der Waals surface area contributed by atoms with Crippen LogP contribution in [0.5, 0.6) is 0 Å². The Morgan fingerprint density at radius 1 is 1.22 bits per heavy atom. The Morgan fingerprint density at radius 2 is 1.78 bits per heavy atom. The highest BCUT2D eigenvalue weighted by atomic mass is 19.4. The molecule has 0 N–H and O–H groups in total. The minimum atomic E-state index is -4.64. The monoisotopic (exact) mass is 254 g/mol. The first-order valence-corrected chi connectivity index (χ1v) is 4.69. The molecule has 0 bridgehead atoms. The maximum Gasteiger partial charge on any atom is 0.416 e. The van der Waals surface area contributed by atoms with Gasteiger partial charge in [-0.15, -0.1) is 0 Å². The molecule has 0 heterocycles. The number of nitrogens with zero attached hydrogens (tertiary/aromatic N) is 2. The zero-order chi connectivity index (χ0) is 13.9. The van der Waals surface area contributed by atoms with Crippen molar-refractivity contribution in [2.24, 2.45) is 0 Å². The van der Waals surface area contributed by atoms with Crippen LogP contribution in [0.3, 0.4) is 0 Å². The lowest BCUT2D eigenvalue weighted by atomic mass is 10.0. The second-order valence-electron chi connectivity index (χ2n) is 3.47. The van der Waals surface area contributed by atoms with E-state index in [1.165, 1.54) is 19.1 Å². The van der Waals surface area contributed by atoms with Crippen LogP contribution in [-0.4, -0.2) is 0 Å². The molecule has 0 radical (unpaired) electrons. The maximum absolute atomic E-state index is 13.4. The molecule has 1 rings (SSSR count). The van der Waals surface area contributed by atoms with Gasteiger partial charge in [-0.05, 0) is 30.7 Å². The molecule has 92 valence electrons. The van der Waals surface area contributed by atoms with Gasteiger partial charge < -0.3 is 0 Å². The highest BCUT2D eigenvalue weighted by Crippen LogP contribution is 2.33. The van der Waals surface area contributed by atoms with Crippen LogP contribution in [0.25, 0.3) is 6.08 Å². The van der Waals surface area contributed by atoms with Gasteiger partial charge in [0, 0.05) is 5.56 Å². The molecule has 0 fully saturated rings. The summed E-state index contributed by atoms with van der Waals surface area (Å²) in [5.41, 5.74) is -1.86. The van der Waals surface area contributed by atoms with Gasteiger partial charge in [0.1, 0.15) is 23.5 Å². The first kappa shape index (κ1) is 13.7. The zero-order valence-corrected chi connectivity index (χ0v) is 9.14. The van der Waals surface area contributed by atoms with E-state index in [1.807, 2.05) is 0 Å². The van der Waals surface area contributed by atoms with Crippen LogP contribution in [0.1, 0.15) is 16.7 Å². The van der Waals surface area contributed by atoms with Crippen molar-refractivity contribution in [2.45, 2.75) is 13.1 Å². The number of nitriles is 2. The van der Waals surface area contributed by atoms with Gasteiger partial charge in [-0.3, -0.25) is 0 Å². The van der Waals surface area contributed by atoms with Crippen molar-refractivity contribution >= 4 is 6.08 Å². The van der Waals surface area contributed by atoms with Gasteiger partial charge in [-0.2, -0.15) is 23.7 Å². The van der Waals surface area contributed by atoms with E-state index in [1.54, 1.807) is 0 Å². The lowest BCUT2D eigenvalue weighted by molar-refractivity contribution is -0.138. The number of alkyl halides is 3. The van der Waals surface area contributed by atoms with Crippen molar-refractivity contribution in [3.8, 4) is 12.1 Å². The molecule has 1 aromatic carbocycles. The third kappa shape index (κ3) is 2.86. The molecule has 0 amide bonds. The van der Waals surface area contributed by atoms with E-state index in [0.717, 1.165) is 12.1 Å². The number of halogens is 4. The minimum absolute atomic E-state index is 0.176. The Bertz CT molecular complexity index is 570. The quantitative estimate of drug-likeness (QED) is 0.568. The largest absolute Gasteiger partial charge is 0.416 e. The molecular formula is C12H6F4N2. The average molecular weight is 254 g/mol. The molecule has 0 aliphatic rings. The van der Waals surface area contributed by atoms with Crippen LogP contribution in [0, 0.1) is 35.4 Å². The number of benzene rings is 1. The van der Waals surface area contributed by atoms with Crippen molar-refractivity contribution in [3.63, 3.8) is 0 Å². The maximum atomic E-state index is 13.4. The number of hydrogen-bond donors (Lipinski definition) is 0. The van der Waals surface area contributed by atoms with E-state index in [2.05, 4.69) is 0 Å². The third-order valence-corrected chi connectivity index (χ3v) is 2.19. The van der Waals surface area contributed by atoms with Crippen LogP contribution in [0.2, 0.25) is 0 Å². The highest BCUT2D eigenvalue weighted by Gasteiger charge is 2.33. The molecule has 0 aliphatic carbocycles. The summed E-state index contributed by atoms with van der Waals surface area (Å²) in [7, 11) is 0. The zero-order valence-electron chi connectivity index (χ0n) is 9.14. The Morgan fingerprint density at radius 3 is 2.22 bits per heavy atom. The molecule has 2 nitrogen and oxygen atoms in total. The van der Waals surface area contributed by atoms with Crippen LogP contribution in [0.4, 0.5) is 17.6 Å². The lowest BCUT2D eigenvalue weighted by Gasteiger charge is -2.11. The summed E-state index contributed by atoms with van der Waals surface area (Å²) in [6, 6.07) is 4.31. The number of aryl methyl sites for hydroxylation is 1. The van der Waals surface area contributed by atoms with Gasteiger partial charge >= 0.3 is 6.18 Å². The van der Waals surface area contributed by atoms with Crippen molar-refractivity contribution in [1.82, 2.24) is 0 Å². The van der Waals surface area contributed by atoms with E-state index in [0.29, 0.717) is 6.07 Å². The van der Waals surface area contributed by atoms with E-state index in [-0.39, 0.29) is 16.7 Å². The van der Waals surface area contributed by atoms with Crippen LogP contribution >= 0.6 is 0 Å². The molecule has 0 saturated carbocycles. The second kappa shape index (κ2) is 4.89. The SMILES string of the molecule is Cc1cc(C=C(C#N)C#N)c(F)cc1C(F)(F)F. The minimum Gasteiger partial charge on any atom is -0.206 e. The average Bonchev–Trinajstić information content (AvgIpc) is 2.28. The second-order valence-corrected chi connectivity index (χ2v) is 3.47. The topological polar surface area (TPSA) is 47.6 Å². The van der Waals surface area contributed by atoms with E-state index in [4.69, 9.17) is 10.5 Å². The summed E-state index contributed by atoms with van der Waals surface area (Å²) in [5, 5.41) is 17.0. The Hall–Kier alpha value is -2.34. The third-order valence-electron chi connectivity index (χ3n) is 2.19. The Balaban J connectivity index is 3.39. The normalized spacial score (nSPS) is 10.4. The molecule has 1 aromatic rings. The van der Waals surface area contributed by atoms with Gasteiger partial charge in [0.05, 0.1) is 5.56 Å². The molecule has 0 atom stereocenters. The van der Waals surface area contributed by atoms with Gasteiger partial charge in [0.2, 0.25) is 0 Å². The highest BCUT2D eigenvalue weighted by molar-refractivity contribution is 5.63. The summed E-state index contributed by atoms with van der Waals surface area (Å²) in [6.07, 6.45) is -3.73. The van der Waals surface area contributed by atoms with Gasteiger partial charge in [-0.1, -0.05) is 0 Å². The van der Waals surface area contributed by atoms with E-state index >= 15 is 0 Å². The van der Waals surface area contributed by atoms with Crippen LogP contribution in [0.15, 0.2) is 17.7 Å². The lowest BCUT2D eigenvalue weighted by Crippen LogP contribution is -2.08. The van der Waals surface area contributed by atoms with Gasteiger partial charge in [0.15, 0.2) is 0 Å². The molecule has 0 saturated heterocycles. The molecule has 0 aromatic heterocycles. The number of allylic oxidation sites excluding steroid dienone is 1. The predicted molar refractivity (Wildman–Crippen MR) is 55.3 cm³/mol. The fraction of sp³-hybridized carbons (Fsp3) is 0.167. The molecule has 0 aliphatic heterocycles. The first-order chi connectivity index (χ1) is 8.29. The van der Waals surface area contributed by atoms with Gasteiger partial charge in [-0.25, -0.2) is 4.39 Å². The van der Waals surface area contributed by atoms with Crippen molar-refractivity contribution < 1.29 is 17.6 Å². The number of rotatable bonds is 1. The molecule has 18 heavy (non-hydrogen) atoms. The molecular weight excluding hydrogens is 248 g/mol. The smallest absolute Gasteiger partial charge is 0.206 e. The number of hydrogen-bond acceptors (Lipinski definition) is 2. The van der Waals surface area contributed by atoms with Crippen molar-refractivity contribution in [2.75, 3.05) is 0 Å². The summed E-state index contributed by atoms with van der Waals surface area (Å²) >= 11 is 0. The molecule has 6 heteroatoms. The van der Waals surface area contributed by atoms with Gasteiger partial charge in [0.25, 0.3) is 0 Å². The van der Waals surface area contributed by atoms with Crippen LogP contribution < -0.4 is 0 Å². The summed E-state index contributed by atoms with van der Waals surface area (Å²) < 4.78 is 50.8. The fourth-order valence-electron chi connectivity index (χ4n) is 1.36.